The van der Waals surface area contributed by atoms with Gasteiger partial charge in [0.25, 0.3) is 0 Å². The smallest absolute Gasteiger partial charge is 0.340 e. The highest BCUT2D eigenvalue weighted by Crippen LogP contribution is 2.22. The maximum Gasteiger partial charge on any atom is 0.340 e. The van der Waals surface area contributed by atoms with E-state index in [2.05, 4.69) is 9.97 Å². The number of benzene rings is 2. The zero-order chi connectivity index (χ0) is 17.1. The Hall–Kier alpha value is -2.67. The van der Waals surface area contributed by atoms with E-state index in [1.807, 2.05) is 24.3 Å². The number of anilines is 1. The molecule has 0 aliphatic rings. The highest BCUT2D eigenvalue weighted by molar-refractivity contribution is 7.84. The molecular weight excluding hydrogens is 326 g/mol. The van der Waals surface area contributed by atoms with E-state index in [9.17, 15) is 9.00 Å². The lowest BCUT2D eigenvalue weighted by atomic mass is 10.1. The molecule has 0 bridgehead atoms. The number of aromatic nitrogens is 2. The summed E-state index contributed by atoms with van der Waals surface area (Å²) in [5.74, 6) is -0.315. The predicted octanol–water partition coefficient (Wildman–Crippen LogP) is 2.63. The van der Waals surface area contributed by atoms with Crippen molar-refractivity contribution in [3.05, 3.63) is 53.6 Å². The van der Waals surface area contributed by atoms with Crippen molar-refractivity contribution in [3.8, 4) is 0 Å². The number of aromatic amines is 1. The fourth-order valence-electron chi connectivity index (χ4n) is 2.37. The van der Waals surface area contributed by atoms with E-state index in [1.54, 1.807) is 25.1 Å². The maximum absolute atomic E-state index is 12.6. The topological polar surface area (TPSA) is 98.1 Å². The van der Waals surface area contributed by atoms with Crippen LogP contribution in [0.4, 0.5) is 5.69 Å². The van der Waals surface area contributed by atoms with Crippen molar-refractivity contribution in [2.45, 2.75) is 17.8 Å². The van der Waals surface area contributed by atoms with Gasteiger partial charge in [0, 0.05) is 0 Å². The summed E-state index contributed by atoms with van der Waals surface area (Å²) in [7, 11) is -1.40. The summed E-state index contributed by atoms with van der Waals surface area (Å²) < 4.78 is 17.6. The molecule has 124 valence electrons. The number of nitrogens with two attached hydrogens (primary N) is 1. The largest absolute Gasteiger partial charge is 0.462 e. The Labute approximate surface area is 141 Å². The molecule has 0 unspecified atom stereocenters. The van der Waals surface area contributed by atoms with Crippen molar-refractivity contribution < 1.29 is 13.7 Å². The number of carbonyl (C=O) groups is 1. The van der Waals surface area contributed by atoms with E-state index in [-0.39, 0.29) is 17.9 Å². The molecule has 2 aromatic carbocycles. The Morgan fingerprint density at radius 1 is 1.25 bits per heavy atom. The standard InChI is InChI=1S/C17H17N3O3S/c1-2-23-16(21)12-7-5-6-11(15(12)18)10-24(22)17-19-13-8-3-4-9-14(13)20-17/h3-9H,2,10,18H2,1H3,(H,19,20)/t24-/m0/s1. The number of hydrogen-bond donors (Lipinski definition) is 2. The van der Waals surface area contributed by atoms with E-state index < -0.39 is 16.8 Å². The minimum atomic E-state index is -1.40. The second kappa shape index (κ2) is 6.84. The fourth-order valence-corrected chi connectivity index (χ4v) is 3.47. The van der Waals surface area contributed by atoms with Crippen molar-refractivity contribution in [1.82, 2.24) is 9.97 Å². The van der Waals surface area contributed by atoms with E-state index in [0.29, 0.717) is 16.4 Å². The Kier molecular flexibility index (Phi) is 4.61. The molecule has 7 heteroatoms. The van der Waals surface area contributed by atoms with Crippen LogP contribution in [0, 0.1) is 0 Å². The van der Waals surface area contributed by atoms with E-state index in [1.165, 1.54) is 0 Å². The Bertz CT molecular complexity index is 887. The van der Waals surface area contributed by atoms with Crippen LogP contribution in [-0.4, -0.2) is 26.8 Å². The van der Waals surface area contributed by atoms with E-state index in [4.69, 9.17) is 10.5 Å². The summed E-state index contributed by atoms with van der Waals surface area (Å²) in [5.41, 5.74) is 8.84. The zero-order valence-electron chi connectivity index (χ0n) is 13.1. The molecule has 3 N–H and O–H groups in total. The highest BCUT2D eigenvalue weighted by Gasteiger charge is 2.17. The molecule has 0 saturated heterocycles. The second-order valence-corrected chi connectivity index (χ2v) is 6.51. The number of carbonyl (C=O) groups excluding carboxylic acids is 1. The summed E-state index contributed by atoms with van der Waals surface area (Å²) >= 11 is 0. The quantitative estimate of drug-likeness (QED) is 0.548. The van der Waals surface area contributed by atoms with Gasteiger partial charge < -0.3 is 15.5 Å². The lowest BCUT2D eigenvalue weighted by Crippen LogP contribution is -2.11. The van der Waals surface area contributed by atoms with Gasteiger partial charge in [-0.1, -0.05) is 24.3 Å². The first-order valence-electron chi connectivity index (χ1n) is 7.47. The lowest BCUT2D eigenvalue weighted by molar-refractivity contribution is 0.0527. The number of ether oxygens (including phenoxy) is 1. The molecule has 3 rings (SSSR count). The normalized spacial score (nSPS) is 12.2. The zero-order valence-corrected chi connectivity index (χ0v) is 13.9. The molecule has 0 amide bonds. The van der Waals surface area contributed by atoms with Crippen LogP contribution in [0.3, 0.4) is 0 Å². The third-order valence-corrected chi connectivity index (χ3v) is 4.76. The van der Waals surface area contributed by atoms with Gasteiger partial charge in [-0.25, -0.2) is 9.78 Å². The van der Waals surface area contributed by atoms with Crippen molar-refractivity contribution in [1.29, 1.82) is 0 Å². The molecule has 3 aromatic rings. The number of H-pyrrole nitrogens is 1. The predicted molar refractivity (Wildman–Crippen MR) is 93.0 cm³/mol. The molecule has 0 fully saturated rings. The fraction of sp³-hybridized carbons (Fsp3) is 0.176. The number of para-hydroxylation sites is 3. The molecule has 0 saturated carbocycles. The molecule has 0 aliphatic carbocycles. The minimum Gasteiger partial charge on any atom is -0.462 e. The SMILES string of the molecule is CCOC(=O)c1cccc(C[S@](=O)c2nc3ccccc3[nH]2)c1N. The number of hydrogen-bond acceptors (Lipinski definition) is 5. The average molecular weight is 343 g/mol. The van der Waals surface area contributed by atoms with Crippen molar-refractivity contribution in [2.75, 3.05) is 12.3 Å². The number of nitrogens with zero attached hydrogens (tertiary/aromatic N) is 1. The van der Waals surface area contributed by atoms with Gasteiger partial charge in [-0.15, -0.1) is 0 Å². The Balaban J connectivity index is 1.86. The van der Waals surface area contributed by atoms with Crippen LogP contribution in [-0.2, 0) is 21.3 Å². The first-order chi connectivity index (χ1) is 11.6. The van der Waals surface area contributed by atoms with Crippen LogP contribution in [0.15, 0.2) is 47.6 Å². The molecular formula is C17H17N3O3S. The van der Waals surface area contributed by atoms with Gasteiger partial charge in [0.2, 0.25) is 0 Å². The van der Waals surface area contributed by atoms with Gasteiger partial charge >= 0.3 is 5.97 Å². The molecule has 1 atom stereocenters. The molecule has 6 nitrogen and oxygen atoms in total. The molecule has 0 radical (unpaired) electrons. The summed E-state index contributed by atoms with van der Waals surface area (Å²) in [6, 6.07) is 12.5. The number of nitrogens with one attached hydrogen (secondary N) is 1. The molecule has 0 aliphatic heterocycles. The highest BCUT2D eigenvalue weighted by atomic mass is 32.2. The van der Waals surface area contributed by atoms with Gasteiger partial charge in [-0.05, 0) is 30.7 Å². The Morgan fingerprint density at radius 2 is 2.04 bits per heavy atom. The molecule has 24 heavy (non-hydrogen) atoms. The van der Waals surface area contributed by atoms with Crippen molar-refractivity contribution in [3.63, 3.8) is 0 Å². The van der Waals surface area contributed by atoms with Gasteiger partial charge in [-0.2, -0.15) is 0 Å². The van der Waals surface area contributed by atoms with Crippen LogP contribution in [0.5, 0.6) is 0 Å². The second-order valence-electron chi connectivity index (χ2n) is 5.15. The molecule has 1 aromatic heterocycles. The Morgan fingerprint density at radius 3 is 2.79 bits per heavy atom. The third kappa shape index (κ3) is 3.16. The van der Waals surface area contributed by atoms with E-state index in [0.717, 1.165) is 11.0 Å². The van der Waals surface area contributed by atoms with Gasteiger partial charge in [0.1, 0.15) is 0 Å². The summed E-state index contributed by atoms with van der Waals surface area (Å²) in [6.45, 7) is 2.00. The average Bonchev–Trinajstić information content (AvgIpc) is 3.01. The third-order valence-electron chi connectivity index (χ3n) is 3.56. The van der Waals surface area contributed by atoms with Crippen LogP contribution >= 0.6 is 0 Å². The lowest BCUT2D eigenvalue weighted by Gasteiger charge is -2.09. The van der Waals surface area contributed by atoms with Crippen LogP contribution in [0.1, 0.15) is 22.8 Å². The van der Waals surface area contributed by atoms with E-state index >= 15 is 0 Å². The summed E-state index contributed by atoms with van der Waals surface area (Å²) in [6.07, 6.45) is 0. The number of nitrogen functional groups attached to an aromatic ring is 1. The van der Waals surface area contributed by atoms with Crippen LogP contribution < -0.4 is 5.73 Å². The molecule has 0 spiro atoms. The summed E-state index contributed by atoms with van der Waals surface area (Å²) in [5, 5.41) is 0.386. The van der Waals surface area contributed by atoms with Crippen LogP contribution in [0.25, 0.3) is 11.0 Å². The maximum atomic E-state index is 12.6. The number of rotatable bonds is 5. The van der Waals surface area contributed by atoms with Crippen LogP contribution in [0.2, 0.25) is 0 Å². The van der Waals surface area contributed by atoms with Gasteiger partial charge in [0.05, 0.1) is 45.4 Å². The minimum absolute atomic E-state index is 0.166. The van der Waals surface area contributed by atoms with Gasteiger partial charge in [-0.3, -0.25) is 4.21 Å². The van der Waals surface area contributed by atoms with Gasteiger partial charge in [0.15, 0.2) is 5.16 Å². The molecule has 1 heterocycles. The first-order valence-corrected chi connectivity index (χ1v) is 8.79. The number of esters is 1. The monoisotopic (exact) mass is 343 g/mol. The summed E-state index contributed by atoms with van der Waals surface area (Å²) in [4.78, 5) is 19.3. The van der Waals surface area contributed by atoms with Crippen molar-refractivity contribution >= 4 is 33.5 Å². The first kappa shape index (κ1) is 16.2. The van der Waals surface area contributed by atoms with Crippen molar-refractivity contribution in [2.24, 2.45) is 0 Å². The number of fused-ring (bicyclic) bond motifs is 1. The number of imidazole rings is 1.